The molecule has 2 aliphatic rings. The van der Waals surface area contributed by atoms with Gasteiger partial charge in [-0.05, 0) is 36.3 Å². The standard InChI is InChI=1S/C16H23N3O2S.ClH/c17-13-2-1-7-18(11-13)15(20)3-4-16(21)19-8-5-14-12(10-19)6-9-22-14;/h6,9,13H,1-5,7-8,10-11,17H2;1H. The number of nitrogens with zero attached hydrogens (tertiary/aromatic N) is 2. The summed E-state index contributed by atoms with van der Waals surface area (Å²) in [4.78, 5) is 29.6. The highest BCUT2D eigenvalue weighted by atomic mass is 35.5. The third-order valence-corrected chi connectivity index (χ3v) is 5.55. The molecule has 0 aromatic carbocycles. The van der Waals surface area contributed by atoms with Crippen molar-refractivity contribution in [2.24, 2.45) is 5.73 Å². The number of rotatable bonds is 3. The molecule has 1 unspecified atom stereocenters. The molecule has 2 aliphatic heterocycles. The number of fused-ring (bicyclic) bond motifs is 1. The van der Waals surface area contributed by atoms with Crippen LogP contribution in [0.3, 0.4) is 0 Å². The molecule has 3 rings (SSSR count). The Bertz CT molecular complexity index is 563. The monoisotopic (exact) mass is 357 g/mol. The number of carbonyl (C=O) groups is 2. The van der Waals surface area contributed by atoms with Crippen molar-refractivity contribution in [1.29, 1.82) is 0 Å². The van der Waals surface area contributed by atoms with Crippen LogP contribution < -0.4 is 5.73 Å². The summed E-state index contributed by atoms with van der Waals surface area (Å²) < 4.78 is 0. The Hall–Kier alpha value is -1.11. The number of likely N-dealkylation sites (tertiary alicyclic amines) is 1. The van der Waals surface area contributed by atoms with Gasteiger partial charge in [0.15, 0.2) is 0 Å². The Labute approximate surface area is 147 Å². The van der Waals surface area contributed by atoms with Gasteiger partial charge < -0.3 is 15.5 Å². The van der Waals surface area contributed by atoms with Crippen LogP contribution in [0.25, 0.3) is 0 Å². The molecule has 3 heterocycles. The normalized spacial score (nSPS) is 20.7. The molecule has 1 atom stereocenters. The summed E-state index contributed by atoms with van der Waals surface area (Å²) in [6, 6.07) is 2.19. The Morgan fingerprint density at radius 3 is 2.70 bits per heavy atom. The van der Waals surface area contributed by atoms with Crippen molar-refractivity contribution in [3.63, 3.8) is 0 Å². The summed E-state index contributed by atoms with van der Waals surface area (Å²) in [6.45, 7) is 2.88. The van der Waals surface area contributed by atoms with Gasteiger partial charge in [0.25, 0.3) is 0 Å². The number of carbonyl (C=O) groups excluding carboxylic acids is 2. The number of piperidine rings is 1. The van der Waals surface area contributed by atoms with Crippen LogP contribution in [0.4, 0.5) is 0 Å². The van der Waals surface area contributed by atoms with Gasteiger partial charge in [0.2, 0.25) is 11.8 Å². The van der Waals surface area contributed by atoms with E-state index < -0.39 is 0 Å². The second-order valence-electron chi connectivity index (χ2n) is 6.18. The van der Waals surface area contributed by atoms with Crippen molar-refractivity contribution >= 4 is 35.6 Å². The predicted molar refractivity (Wildman–Crippen MR) is 93.7 cm³/mol. The van der Waals surface area contributed by atoms with Gasteiger partial charge in [0.1, 0.15) is 0 Å². The van der Waals surface area contributed by atoms with Crippen molar-refractivity contribution in [3.8, 4) is 0 Å². The van der Waals surface area contributed by atoms with E-state index in [1.165, 1.54) is 10.4 Å². The largest absolute Gasteiger partial charge is 0.341 e. The molecule has 1 saturated heterocycles. The van der Waals surface area contributed by atoms with Crippen LogP contribution in [0.1, 0.15) is 36.1 Å². The van der Waals surface area contributed by atoms with Crippen molar-refractivity contribution in [2.75, 3.05) is 19.6 Å². The fourth-order valence-electron chi connectivity index (χ4n) is 3.23. The highest BCUT2D eigenvalue weighted by Gasteiger charge is 2.24. The first kappa shape index (κ1) is 18.2. The second-order valence-corrected chi connectivity index (χ2v) is 7.18. The summed E-state index contributed by atoms with van der Waals surface area (Å²) in [7, 11) is 0. The average molecular weight is 358 g/mol. The van der Waals surface area contributed by atoms with Gasteiger partial charge in [-0.3, -0.25) is 9.59 Å². The zero-order valence-electron chi connectivity index (χ0n) is 13.2. The van der Waals surface area contributed by atoms with Gasteiger partial charge in [0, 0.05) is 49.9 Å². The minimum absolute atomic E-state index is 0. The van der Waals surface area contributed by atoms with Gasteiger partial charge in [0.05, 0.1) is 0 Å². The molecular weight excluding hydrogens is 334 g/mol. The molecule has 0 saturated carbocycles. The van der Waals surface area contributed by atoms with E-state index in [0.717, 1.165) is 32.4 Å². The van der Waals surface area contributed by atoms with Gasteiger partial charge in [-0.2, -0.15) is 0 Å². The van der Waals surface area contributed by atoms with Crippen LogP contribution in [-0.2, 0) is 22.6 Å². The van der Waals surface area contributed by atoms with E-state index in [9.17, 15) is 9.59 Å². The Balaban J connectivity index is 0.00000192. The van der Waals surface area contributed by atoms with Crippen molar-refractivity contribution in [3.05, 3.63) is 21.9 Å². The Morgan fingerprint density at radius 1 is 1.22 bits per heavy atom. The lowest BCUT2D eigenvalue weighted by Crippen LogP contribution is -2.46. The molecule has 2 N–H and O–H groups in total. The van der Waals surface area contributed by atoms with E-state index in [4.69, 9.17) is 5.73 Å². The van der Waals surface area contributed by atoms with Crippen LogP contribution in [0.15, 0.2) is 11.4 Å². The van der Waals surface area contributed by atoms with Crippen molar-refractivity contribution in [1.82, 2.24) is 9.80 Å². The molecule has 0 radical (unpaired) electrons. The molecule has 0 bridgehead atoms. The number of hydrogen-bond donors (Lipinski definition) is 1. The molecule has 1 fully saturated rings. The molecule has 23 heavy (non-hydrogen) atoms. The minimum Gasteiger partial charge on any atom is -0.341 e. The fraction of sp³-hybridized carbons (Fsp3) is 0.625. The van der Waals surface area contributed by atoms with E-state index in [1.807, 2.05) is 9.80 Å². The Kier molecular flexibility index (Phi) is 6.44. The van der Waals surface area contributed by atoms with E-state index >= 15 is 0 Å². The maximum Gasteiger partial charge on any atom is 0.223 e. The maximum atomic E-state index is 12.3. The lowest BCUT2D eigenvalue weighted by Gasteiger charge is -2.31. The van der Waals surface area contributed by atoms with Crippen molar-refractivity contribution < 1.29 is 9.59 Å². The number of amides is 2. The first-order chi connectivity index (χ1) is 10.6. The number of nitrogens with two attached hydrogens (primary N) is 1. The van der Waals surface area contributed by atoms with Gasteiger partial charge in [-0.15, -0.1) is 23.7 Å². The lowest BCUT2D eigenvalue weighted by molar-refractivity contribution is -0.138. The number of thiophene rings is 1. The summed E-state index contributed by atoms with van der Waals surface area (Å²) in [5.74, 6) is 0.156. The lowest BCUT2D eigenvalue weighted by atomic mass is 10.1. The number of halogens is 1. The van der Waals surface area contributed by atoms with Gasteiger partial charge in [-0.1, -0.05) is 0 Å². The first-order valence-corrected chi connectivity index (χ1v) is 8.88. The topological polar surface area (TPSA) is 66.6 Å². The van der Waals surface area contributed by atoms with Crippen LogP contribution in [0.5, 0.6) is 0 Å². The zero-order valence-corrected chi connectivity index (χ0v) is 14.8. The van der Waals surface area contributed by atoms with Gasteiger partial charge in [-0.25, -0.2) is 0 Å². The molecule has 7 heteroatoms. The van der Waals surface area contributed by atoms with Crippen molar-refractivity contribution in [2.45, 2.75) is 44.7 Å². The summed E-state index contributed by atoms with van der Waals surface area (Å²) in [5.41, 5.74) is 7.16. The van der Waals surface area contributed by atoms with E-state index in [2.05, 4.69) is 11.4 Å². The number of hydrogen-bond acceptors (Lipinski definition) is 4. The third kappa shape index (κ3) is 4.46. The highest BCUT2D eigenvalue weighted by molar-refractivity contribution is 7.10. The van der Waals surface area contributed by atoms with Crippen LogP contribution >= 0.6 is 23.7 Å². The van der Waals surface area contributed by atoms with E-state index in [1.54, 1.807) is 11.3 Å². The smallest absolute Gasteiger partial charge is 0.223 e. The predicted octanol–water partition coefficient (Wildman–Crippen LogP) is 1.78. The fourth-order valence-corrected chi connectivity index (χ4v) is 4.12. The second kappa shape index (κ2) is 8.13. The summed E-state index contributed by atoms with van der Waals surface area (Å²) in [5, 5.41) is 2.09. The zero-order chi connectivity index (χ0) is 15.5. The minimum atomic E-state index is 0. The van der Waals surface area contributed by atoms with E-state index in [-0.39, 0.29) is 30.3 Å². The average Bonchev–Trinajstić information content (AvgIpc) is 2.99. The molecule has 128 valence electrons. The Morgan fingerprint density at radius 2 is 1.96 bits per heavy atom. The highest BCUT2D eigenvalue weighted by Crippen LogP contribution is 2.24. The van der Waals surface area contributed by atoms with Crippen LogP contribution in [-0.4, -0.2) is 47.3 Å². The van der Waals surface area contributed by atoms with Crippen LogP contribution in [0, 0.1) is 0 Å². The first-order valence-electron chi connectivity index (χ1n) is 8.00. The quantitative estimate of drug-likeness (QED) is 0.896. The molecule has 0 aliphatic carbocycles. The van der Waals surface area contributed by atoms with E-state index in [0.29, 0.717) is 25.9 Å². The summed E-state index contributed by atoms with van der Waals surface area (Å²) >= 11 is 1.77. The molecule has 5 nitrogen and oxygen atoms in total. The maximum absolute atomic E-state index is 12.3. The SMILES string of the molecule is Cl.NC1CCCN(C(=O)CCC(=O)N2CCc3sccc3C2)C1. The molecule has 2 amide bonds. The molecule has 1 aromatic heterocycles. The van der Waals surface area contributed by atoms with Crippen LogP contribution in [0.2, 0.25) is 0 Å². The van der Waals surface area contributed by atoms with Gasteiger partial charge >= 0.3 is 0 Å². The molecule has 1 aromatic rings. The molecule has 0 spiro atoms. The summed E-state index contributed by atoms with van der Waals surface area (Å²) in [6.07, 6.45) is 3.50. The third-order valence-electron chi connectivity index (χ3n) is 4.52. The molecular formula is C16H24ClN3O2S.